The molecule has 3 rings (SSSR count). The molecule has 118 valence electrons. The standard InChI is InChI=1S/C16H14ClN3O3/c1-9-18-13-5-6-14(16(21)22)19-15(13)20(9)8-10-3-4-11(23-2)7-12(10)17/h3-7H,8H2,1-2H3,(H,21,22). The molecule has 23 heavy (non-hydrogen) atoms. The zero-order chi connectivity index (χ0) is 16.6. The third-order valence-electron chi connectivity index (χ3n) is 3.59. The van der Waals surface area contributed by atoms with Crippen LogP contribution in [-0.4, -0.2) is 32.7 Å². The predicted octanol–water partition coefficient (Wildman–Crippen LogP) is 3.15. The first-order valence-corrected chi connectivity index (χ1v) is 7.27. The van der Waals surface area contributed by atoms with E-state index in [1.165, 1.54) is 6.07 Å². The Hall–Kier alpha value is -2.60. The third-order valence-corrected chi connectivity index (χ3v) is 3.94. The van der Waals surface area contributed by atoms with Crippen molar-refractivity contribution in [3.63, 3.8) is 0 Å². The molecule has 7 heteroatoms. The molecule has 2 heterocycles. The van der Waals surface area contributed by atoms with E-state index >= 15 is 0 Å². The summed E-state index contributed by atoms with van der Waals surface area (Å²) < 4.78 is 6.98. The molecule has 0 saturated carbocycles. The van der Waals surface area contributed by atoms with Gasteiger partial charge in [0.15, 0.2) is 11.3 Å². The highest BCUT2D eigenvalue weighted by atomic mass is 35.5. The molecule has 0 aliphatic rings. The number of aromatic nitrogens is 3. The fraction of sp³-hybridized carbons (Fsp3) is 0.188. The van der Waals surface area contributed by atoms with Gasteiger partial charge in [0.05, 0.1) is 13.7 Å². The van der Waals surface area contributed by atoms with Crippen molar-refractivity contribution in [2.24, 2.45) is 0 Å². The average Bonchev–Trinajstić information content (AvgIpc) is 2.84. The van der Waals surface area contributed by atoms with E-state index in [4.69, 9.17) is 21.4 Å². The molecule has 0 aliphatic carbocycles. The van der Waals surface area contributed by atoms with Crippen LogP contribution in [0.5, 0.6) is 5.75 Å². The minimum absolute atomic E-state index is 0.0144. The summed E-state index contributed by atoms with van der Waals surface area (Å²) in [6.07, 6.45) is 0. The first-order valence-electron chi connectivity index (χ1n) is 6.89. The Bertz CT molecular complexity index is 905. The summed E-state index contributed by atoms with van der Waals surface area (Å²) in [6, 6.07) is 8.54. The number of halogens is 1. The predicted molar refractivity (Wildman–Crippen MR) is 86.3 cm³/mol. The number of hydrogen-bond donors (Lipinski definition) is 1. The Kier molecular flexibility index (Phi) is 3.92. The second-order valence-electron chi connectivity index (χ2n) is 5.05. The van der Waals surface area contributed by atoms with E-state index in [9.17, 15) is 4.79 Å². The van der Waals surface area contributed by atoms with Crippen LogP contribution < -0.4 is 4.74 Å². The van der Waals surface area contributed by atoms with Gasteiger partial charge in [0.25, 0.3) is 0 Å². The number of rotatable bonds is 4. The molecular weight excluding hydrogens is 318 g/mol. The van der Waals surface area contributed by atoms with E-state index in [1.54, 1.807) is 19.2 Å². The lowest BCUT2D eigenvalue weighted by molar-refractivity contribution is 0.0691. The van der Waals surface area contributed by atoms with Gasteiger partial charge in [-0.25, -0.2) is 14.8 Å². The smallest absolute Gasteiger partial charge is 0.354 e. The molecule has 1 N–H and O–H groups in total. The number of aryl methyl sites for hydroxylation is 1. The first kappa shape index (κ1) is 15.3. The number of nitrogens with zero attached hydrogens (tertiary/aromatic N) is 3. The van der Waals surface area contributed by atoms with Gasteiger partial charge in [0.2, 0.25) is 0 Å². The van der Waals surface area contributed by atoms with Crippen molar-refractivity contribution >= 4 is 28.7 Å². The van der Waals surface area contributed by atoms with Crippen molar-refractivity contribution in [1.29, 1.82) is 0 Å². The Morgan fingerprint density at radius 3 is 2.74 bits per heavy atom. The monoisotopic (exact) mass is 331 g/mol. The summed E-state index contributed by atoms with van der Waals surface area (Å²) >= 11 is 6.28. The number of carbonyl (C=O) groups is 1. The van der Waals surface area contributed by atoms with Crippen LogP contribution in [0.3, 0.4) is 0 Å². The lowest BCUT2D eigenvalue weighted by Crippen LogP contribution is -2.06. The molecule has 0 bridgehead atoms. The van der Waals surface area contributed by atoms with Crippen molar-refractivity contribution in [1.82, 2.24) is 14.5 Å². The molecular formula is C16H14ClN3O3. The fourth-order valence-electron chi connectivity index (χ4n) is 2.38. The summed E-state index contributed by atoms with van der Waals surface area (Å²) in [5, 5.41) is 9.68. The van der Waals surface area contributed by atoms with Gasteiger partial charge in [-0.1, -0.05) is 17.7 Å². The summed E-state index contributed by atoms with van der Waals surface area (Å²) in [7, 11) is 1.58. The van der Waals surface area contributed by atoms with Gasteiger partial charge in [-0.2, -0.15) is 0 Å². The Balaban J connectivity index is 2.07. The lowest BCUT2D eigenvalue weighted by atomic mass is 10.2. The number of imidazole rings is 1. The second-order valence-corrected chi connectivity index (χ2v) is 5.45. The van der Waals surface area contributed by atoms with Crippen molar-refractivity contribution in [3.05, 3.63) is 52.4 Å². The van der Waals surface area contributed by atoms with Gasteiger partial charge in [-0.3, -0.25) is 0 Å². The second kappa shape index (κ2) is 5.89. The van der Waals surface area contributed by atoms with E-state index in [-0.39, 0.29) is 5.69 Å². The van der Waals surface area contributed by atoms with Gasteiger partial charge in [0.1, 0.15) is 17.1 Å². The van der Waals surface area contributed by atoms with Crippen LogP contribution in [0.1, 0.15) is 21.9 Å². The number of benzene rings is 1. The van der Waals surface area contributed by atoms with Crippen molar-refractivity contribution in [3.8, 4) is 5.75 Å². The van der Waals surface area contributed by atoms with Crippen LogP contribution in [0.15, 0.2) is 30.3 Å². The Morgan fingerprint density at radius 1 is 1.30 bits per heavy atom. The quantitative estimate of drug-likeness (QED) is 0.794. The van der Waals surface area contributed by atoms with Gasteiger partial charge >= 0.3 is 5.97 Å². The molecule has 0 radical (unpaired) electrons. The molecule has 2 aromatic heterocycles. The lowest BCUT2D eigenvalue weighted by Gasteiger charge is -2.10. The van der Waals surface area contributed by atoms with Crippen LogP contribution in [0.2, 0.25) is 5.02 Å². The molecule has 1 aromatic carbocycles. The highest BCUT2D eigenvalue weighted by molar-refractivity contribution is 6.31. The number of pyridine rings is 1. The van der Waals surface area contributed by atoms with Gasteiger partial charge < -0.3 is 14.4 Å². The molecule has 0 amide bonds. The van der Waals surface area contributed by atoms with Gasteiger partial charge in [-0.05, 0) is 36.8 Å². The van der Waals surface area contributed by atoms with Crippen LogP contribution >= 0.6 is 11.6 Å². The van der Waals surface area contributed by atoms with Crippen LogP contribution in [0, 0.1) is 6.92 Å². The van der Waals surface area contributed by atoms with Crippen LogP contribution in [-0.2, 0) is 6.54 Å². The summed E-state index contributed by atoms with van der Waals surface area (Å²) in [4.78, 5) is 19.7. The van der Waals surface area contributed by atoms with Crippen molar-refractivity contribution in [2.45, 2.75) is 13.5 Å². The molecule has 3 aromatic rings. The molecule has 0 aliphatic heterocycles. The maximum absolute atomic E-state index is 11.1. The van der Waals surface area contributed by atoms with E-state index < -0.39 is 5.97 Å². The summed E-state index contributed by atoms with van der Waals surface area (Å²) in [5.74, 6) is 0.346. The molecule has 0 fully saturated rings. The largest absolute Gasteiger partial charge is 0.497 e. The number of ether oxygens (including phenoxy) is 1. The number of methoxy groups -OCH3 is 1. The summed E-state index contributed by atoms with van der Waals surface area (Å²) in [5.41, 5.74) is 2.03. The first-order chi connectivity index (χ1) is 11.0. The van der Waals surface area contributed by atoms with Gasteiger partial charge in [0, 0.05) is 5.02 Å². The van der Waals surface area contributed by atoms with Crippen LogP contribution in [0.25, 0.3) is 11.2 Å². The third kappa shape index (κ3) is 2.85. The molecule has 0 saturated heterocycles. The molecule has 6 nitrogen and oxygen atoms in total. The SMILES string of the molecule is COc1ccc(Cn2c(C)nc3ccc(C(=O)O)nc32)c(Cl)c1. The maximum Gasteiger partial charge on any atom is 0.354 e. The molecule has 0 atom stereocenters. The molecule has 0 unspecified atom stereocenters. The topological polar surface area (TPSA) is 77.2 Å². The average molecular weight is 332 g/mol. The van der Waals surface area contributed by atoms with E-state index in [1.807, 2.05) is 23.6 Å². The summed E-state index contributed by atoms with van der Waals surface area (Å²) in [6.45, 7) is 2.29. The van der Waals surface area contributed by atoms with Crippen molar-refractivity contribution in [2.75, 3.05) is 7.11 Å². The Morgan fingerprint density at radius 2 is 2.09 bits per heavy atom. The number of carboxylic acids is 1. The maximum atomic E-state index is 11.1. The van der Waals surface area contributed by atoms with E-state index in [0.29, 0.717) is 28.5 Å². The van der Waals surface area contributed by atoms with Crippen LogP contribution in [0.4, 0.5) is 0 Å². The van der Waals surface area contributed by atoms with Crippen molar-refractivity contribution < 1.29 is 14.6 Å². The highest BCUT2D eigenvalue weighted by Crippen LogP contribution is 2.25. The fourth-order valence-corrected chi connectivity index (χ4v) is 2.61. The number of carboxylic acid groups (broad SMARTS) is 1. The van der Waals surface area contributed by atoms with Gasteiger partial charge in [-0.15, -0.1) is 0 Å². The Labute approximate surface area is 137 Å². The minimum atomic E-state index is -1.07. The zero-order valence-electron chi connectivity index (χ0n) is 12.6. The number of fused-ring (bicyclic) bond motifs is 1. The normalized spacial score (nSPS) is 10.9. The van der Waals surface area contributed by atoms with E-state index in [2.05, 4.69) is 9.97 Å². The zero-order valence-corrected chi connectivity index (χ0v) is 13.3. The highest BCUT2D eigenvalue weighted by Gasteiger charge is 2.14. The number of aromatic carboxylic acids is 1. The number of hydrogen-bond acceptors (Lipinski definition) is 4. The minimum Gasteiger partial charge on any atom is -0.497 e. The molecule has 0 spiro atoms. The van der Waals surface area contributed by atoms with E-state index in [0.717, 1.165) is 11.4 Å².